The monoisotopic (exact) mass is 483 g/mol. The van der Waals surface area contributed by atoms with Gasteiger partial charge in [-0.3, -0.25) is 9.59 Å². The van der Waals surface area contributed by atoms with Crippen LogP contribution >= 0.6 is 0 Å². The molecule has 0 aliphatic heterocycles. The number of hydrogen-bond acceptors (Lipinski definition) is 7. The number of sulfonamides is 1. The van der Waals surface area contributed by atoms with Crippen LogP contribution in [-0.4, -0.2) is 54.3 Å². The zero-order valence-electron chi connectivity index (χ0n) is 19.3. The Morgan fingerprint density at radius 2 is 1.97 bits per heavy atom. The van der Waals surface area contributed by atoms with Gasteiger partial charge in [-0.2, -0.15) is 5.26 Å². The Hall–Kier alpha value is -3.75. The number of benzene rings is 2. The molecule has 3 rings (SSSR count). The van der Waals surface area contributed by atoms with Gasteiger partial charge in [0.2, 0.25) is 10.0 Å². The number of carbonyl (C=O) groups excluding carboxylic acids is 2. The molecular weight excluding hydrogens is 458 g/mol. The summed E-state index contributed by atoms with van der Waals surface area (Å²) in [5.74, 6) is -0.506. The fraction of sp³-hybridized carbons (Fsp3) is 0.304. The second-order valence-electron chi connectivity index (χ2n) is 7.84. The van der Waals surface area contributed by atoms with Gasteiger partial charge in [-0.25, -0.2) is 17.7 Å². The van der Waals surface area contributed by atoms with Crippen molar-refractivity contribution in [2.75, 3.05) is 19.4 Å². The normalized spacial score (nSPS) is 12.4. The van der Waals surface area contributed by atoms with Crippen LogP contribution in [0.25, 0.3) is 11.0 Å². The molecule has 1 unspecified atom stereocenters. The van der Waals surface area contributed by atoms with Crippen molar-refractivity contribution in [3.05, 3.63) is 53.9 Å². The third-order valence-electron chi connectivity index (χ3n) is 5.21. The van der Waals surface area contributed by atoms with Crippen LogP contribution in [0, 0.1) is 11.3 Å². The number of fused-ring (bicyclic) bond motifs is 1. The molecular formula is C23H25N5O5S. The summed E-state index contributed by atoms with van der Waals surface area (Å²) in [7, 11) is 1.11. The number of anilines is 1. The van der Waals surface area contributed by atoms with E-state index in [0.717, 1.165) is 9.82 Å². The first-order valence-electron chi connectivity index (χ1n) is 10.4. The number of aryl methyl sites for hydroxylation is 2. The van der Waals surface area contributed by atoms with E-state index in [9.17, 15) is 18.0 Å². The van der Waals surface area contributed by atoms with Gasteiger partial charge in [0.25, 0.3) is 5.91 Å². The summed E-state index contributed by atoms with van der Waals surface area (Å²) in [6, 6.07) is 13.1. The van der Waals surface area contributed by atoms with Crippen LogP contribution in [0.15, 0.2) is 47.4 Å². The number of carbonyl (C=O) groups is 2. The van der Waals surface area contributed by atoms with Crippen LogP contribution in [0.2, 0.25) is 0 Å². The highest BCUT2D eigenvalue weighted by Gasteiger charge is 2.21. The SMILES string of the molecule is CC(OC(=O)CCc1nc2cc(S(=O)(=O)N(C)C)ccc2n1C)C(=O)Nc1cccc(C#N)c1. The van der Waals surface area contributed by atoms with Gasteiger partial charge in [-0.1, -0.05) is 6.07 Å². The summed E-state index contributed by atoms with van der Waals surface area (Å²) in [6.45, 7) is 1.46. The van der Waals surface area contributed by atoms with Gasteiger partial charge < -0.3 is 14.6 Å². The number of imidazole rings is 1. The van der Waals surface area contributed by atoms with Gasteiger partial charge in [0.15, 0.2) is 6.10 Å². The molecule has 178 valence electrons. The molecule has 34 heavy (non-hydrogen) atoms. The molecule has 10 nitrogen and oxygen atoms in total. The van der Waals surface area contributed by atoms with Gasteiger partial charge >= 0.3 is 5.97 Å². The second kappa shape index (κ2) is 10.0. The Bertz CT molecular complexity index is 1390. The Morgan fingerprint density at radius 1 is 1.24 bits per heavy atom. The zero-order valence-corrected chi connectivity index (χ0v) is 20.1. The lowest BCUT2D eigenvalue weighted by Crippen LogP contribution is -2.30. The number of nitriles is 1. The van der Waals surface area contributed by atoms with Crippen molar-refractivity contribution in [2.24, 2.45) is 7.05 Å². The van der Waals surface area contributed by atoms with Gasteiger partial charge in [0.05, 0.1) is 34.0 Å². The summed E-state index contributed by atoms with van der Waals surface area (Å²) in [5, 5.41) is 11.6. The Kier molecular flexibility index (Phi) is 7.34. The number of rotatable bonds is 8. The minimum Gasteiger partial charge on any atom is -0.453 e. The Balaban J connectivity index is 1.62. The number of nitrogens with zero attached hydrogens (tertiary/aromatic N) is 4. The van der Waals surface area contributed by atoms with Crippen molar-refractivity contribution in [3.63, 3.8) is 0 Å². The lowest BCUT2D eigenvalue weighted by Gasteiger charge is -2.13. The molecule has 0 saturated carbocycles. The van der Waals surface area contributed by atoms with Crippen LogP contribution in [0.5, 0.6) is 0 Å². The minimum atomic E-state index is -3.59. The molecule has 1 atom stereocenters. The van der Waals surface area contributed by atoms with Crippen LogP contribution < -0.4 is 5.32 Å². The number of esters is 1. The van der Waals surface area contributed by atoms with Crippen LogP contribution in [0.1, 0.15) is 24.7 Å². The molecule has 1 amide bonds. The first-order chi connectivity index (χ1) is 16.0. The third-order valence-corrected chi connectivity index (χ3v) is 7.02. The standard InChI is InChI=1S/C23H25N5O5S/c1-15(23(30)25-17-7-5-6-16(12-17)14-24)33-22(29)11-10-21-26-19-13-18(34(31,32)27(2)3)8-9-20(19)28(21)4/h5-9,12-13,15H,10-11H2,1-4H3,(H,25,30). The van der Waals surface area contributed by atoms with E-state index in [-0.39, 0.29) is 17.7 Å². The van der Waals surface area contributed by atoms with Gasteiger partial charge in [-0.15, -0.1) is 0 Å². The highest BCUT2D eigenvalue weighted by Crippen LogP contribution is 2.22. The number of ether oxygens (including phenoxy) is 1. The first-order valence-corrected chi connectivity index (χ1v) is 11.9. The van der Waals surface area contributed by atoms with E-state index in [0.29, 0.717) is 22.6 Å². The number of amides is 1. The van der Waals surface area contributed by atoms with Gasteiger partial charge in [0.1, 0.15) is 5.82 Å². The average molecular weight is 484 g/mol. The quantitative estimate of drug-likeness (QED) is 0.485. The van der Waals surface area contributed by atoms with E-state index in [1.807, 2.05) is 6.07 Å². The topological polar surface area (TPSA) is 134 Å². The summed E-state index contributed by atoms with van der Waals surface area (Å²) in [5.41, 5.74) is 2.06. The van der Waals surface area contributed by atoms with Gasteiger partial charge in [0, 0.05) is 33.3 Å². The van der Waals surface area contributed by atoms with E-state index >= 15 is 0 Å². The van der Waals surface area contributed by atoms with E-state index in [1.54, 1.807) is 35.9 Å². The van der Waals surface area contributed by atoms with Crippen molar-refractivity contribution in [3.8, 4) is 6.07 Å². The van der Waals surface area contributed by atoms with E-state index in [2.05, 4.69) is 10.3 Å². The van der Waals surface area contributed by atoms with E-state index in [4.69, 9.17) is 10.00 Å². The van der Waals surface area contributed by atoms with Crippen molar-refractivity contribution in [1.29, 1.82) is 5.26 Å². The highest BCUT2D eigenvalue weighted by atomic mass is 32.2. The molecule has 11 heteroatoms. The molecule has 1 N–H and O–H groups in total. The van der Waals surface area contributed by atoms with Gasteiger partial charge in [-0.05, 0) is 43.3 Å². The fourth-order valence-electron chi connectivity index (χ4n) is 3.26. The largest absolute Gasteiger partial charge is 0.453 e. The van der Waals surface area contributed by atoms with Crippen molar-refractivity contribution < 1.29 is 22.7 Å². The summed E-state index contributed by atoms with van der Waals surface area (Å²) >= 11 is 0. The third kappa shape index (κ3) is 5.41. The fourth-order valence-corrected chi connectivity index (χ4v) is 4.18. The smallest absolute Gasteiger partial charge is 0.307 e. The number of nitrogens with one attached hydrogen (secondary N) is 1. The summed E-state index contributed by atoms with van der Waals surface area (Å²) < 4.78 is 32.9. The highest BCUT2D eigenvalue weighted by molar-refractivity contribution is 7.89. The molecule has 0 fully saturated rings. The first kappa shape index (κ1) is 24.9. The average Bonchev–Trinajstić information content (AvgIpc) is 3.12. The number of hydrogen-bond donors (Lipinski definition) is 1. The molecule has 1 aromatic heterocycles. The van der Waals surface area contributed by atoms with Crippen molar-refractivity contribution in [2.45, 2.75) is 30.8 Å². The van der Waals surface area contributed by atoms with E-state index < -0.39 is 28.0 Å². The molecule has 1 heterocycles. The molecule has 0 bridgehead atoms. The molecule has 2 aromatic carbocycles. The number of aromatic nitrogens is 2. The lowest BCUT2D eigenvalue weighted by atomic mass is 10.2. The van der Waals surface area contributed by atoms with Crippen molar-refractivity contribution in [1.82, 2.24) is 13.9 Å². The predicted molar refractivity (Wildman–Crippen MR) is 125 cm³/mol. The maximum atomic E-state index is 12.4. The van der Waals surface area contributed by atoms with Crippen molar-refractivity contribution >= 4 is 38.6 Å². The molecule has 0 radical (unpaired) electrons. The Labute approximate surface area is 197 Å². The molecule has 0 saturated heterocycles. The molecule has 0 spiro atoms. The van der Waals surface area contributed by atoms with Crippen LogP contribution in [-0.2, 0) is 37.8 Å². The summed E-state index contributed by atoms with van der Waals surface area (Å²) in [4.78, 5) is 29.2. The van der Waals surface area contributed by atoms with Crippen LogP contribution in [0.3, 0.4) is 0 Å². The maximum absolute atomic E-state index is 12.4. The predicted octanol–water partition coefficient (Wildman–Crippen LogP) is 2.20. The lowest BCUT2D eigenvalue weighted by molar-refractivity contribution is -0.153. The summed E-state index contributed by atoms with van der Waals surface area (Å²) in [6.07, 6.45) is -0.794. The second-order valence-corrected chi connectivity index (χ2v) is 9.99. The Morgan fingerprint density at radius 3 is 2.65 bits per heavy atom. The minimum absolute atomic E-state index is 0.0123. The molecule has 0 aliphatic rings. The van der Waals surface area contributed by atoms with Crippen LogP contribution in [0.4, 0.5) is 5.69 Å². The molecule has 3 aromatic rings. The maximum Gasteiger partial charge on any atom is 0.307 e. The molecule has 0 aliphatic carbocycles. The van der Waals surface area contributed by atoms with E-state index in [1.165, 1.54) is 39.2 Å². The zero-order chi connectivity index (χ0) is 25.0.